The van der Waals surface area contributed by atoms with Crippen molar-refractivity contribution in [2.45, 2.75) is 18.2 Å². The Bertz CT molecular complexity index is 1130. The van der Waals surface area contributed by atoms with Crippen molar-refractivity contribution < 1.29 is 9.53 Å². The van der Waals surface area contributed by atoms with E-state index in [0.29, 0.717) is 13.1 Å². The molecule has 1 amide bonds. The summed E-state index contributed by atoms with van der Waals surface area (Å²) >= 11 is 3.01. The third kappa shape index (κ3) is 5.34. The molecule has 6 nitrogen and oxygen atoms in total. The molecule has 0 aliphatic heterocycles. The average molecular weight is 451 g/mol. The number of carbonyl (C=O) groups is 1. The Labute approximate surface area is 189 Å². The lowest BCUT2D eigenvalue weighted by atomic mass is 10.2. The van der Waals surface area contributed by atoms with Gasteiger partial charge in [-0.25, -0.2) is 0 Å². The highest BCUT2D eigenvalue weighted by molar-refractivity contribution is 7.99. The van der Waals surface area contributed by atoms with Gasteiger partial charge in [0, 0.05) is 12.1 Å². The van der Waals surface area contributed by atoms with Crippen molar-refractivity contribution >= 4 is 29.0 Å². The normalized spacial score (nSPS) is 10.7. The van der Waals surface area contributed by atoms with Gasteiger partial charge in [-0.05, 0) is 23.1 Å². The summed E-state index contributed by atoms with van der Waals surface area (Å²) in [5.74, 6) is 1.77. The van der Waals surface area contributed by atoms with Crippen LogP contribution in [0, 0.1) is 0 Å². The fourth-order valence-electron chi connectivity index (χ4n) is 3.12. The van der Waals surface area contributed by atoms with E-state index in [0.717, 1.165) is 32.7 Å². The van der Waals surface area contributed by atoms with Gasteiger partial charge in [0.15, 0.2) is 11.0 Å². The minimum Gasteiger partial charge on any atom is -0.496 e. The molecule has 0 radical (unpaired) electrons. The molecule has 0 spiro atoms. The van der Waals surface area contributed by atoms with E-state index in [1.165, 1.54) is 11.8 Å². The predicted molar refractivity (Wildman–Crippen MR) is 124 cm³/mol. The van der Waals surface area contributed by atoms with E-state index in [-0.39, 0.29) is 11.7 Å². The van der Waals surface area contributed by atoms with Gasteiger partial charge in [0.2, 0.25) is 5.91 Å². The number of hydrogen-bond donors (Lipinski definition) is 1. The first-order chi connectivity index (χ1) is 15.2. The number of benzene rings is 2. The molecule has 8 heteroatoms. The first-order valence-corrected chi connectivity index (χ1v) is 11.6. The van der Waals surface area contributed by atoms with Crippen LogP contribution in [0.1, 0.15) is 11.1 Å². The first kappa shape index (κ1) is 21.1. The van der Waals surface area contributed by atoms with Gasteiger partial charge in [-0.15, -0.1) is 21.5 Å². The summed E-state index contributed by atoms with van der Waals surface area (Å²) in [4.78, 5) is 13.5. The standard InChI is InChI=1S/C23H22N4O2S2/c1-29-19-11-6-5-10-18(19)14-24-21(28)16-31-23-26-25-22(20-12-7-13-30-20)27(23)15-17-8-3-2-4-9-17/h2-13H,14-16H2,1H3,(H,24,28). The maximum atomic E-state index is 12.5. The molecule has 4 rings (SSSR count). The summed E-state index contributed by atoms with van der Waals surface area (Å²) in [6.45, 7) is 1.06. The second kappa shape index (κ2) is 10.3. The zero-order valence-corrected chi connectivity index (χ0v) is 18.7. The number of aromatic nitrogens is 3. The summed E-state index contributed by atoms with van der Waals surface area (Å²) < 4.78 is 7.41. The molecule has 0 aliphatic carbocycles. The van der Waals surface area contributed by atoms with Crippen molar-refractivity contribution in [3.8, 4) is 16.5 Å². The lowest BCUT2D eigenvalue weighted by Crippen LogP contribution is -2.25. The monoisotopic (exact) mass is 450 g/mol. The molecule has 0 bridgehead atoms. The number of methoxy groups -OCH3 is 1. The first-order valence-electron chi connectivity index (χ1n) is 9.77. The highest BCUT2D eigenvalue weighted by Gasteiger charge is 2.17. The lowest BCUT2D eigenvalue weighted by molar-refractivity contribution is -0.118. The van der Waals surface area contributed by atoms with E-state index in [1.54, 1.807) is 18.4 Å². The fraction of sp³-hybridized carbons (Fsp3) is 0.174. The Balaban J connectivity index is 1.44. The van der Waals surface area contributed by atoms with Crippen LogP contribution >= 0.6 is 23.1 Å². The fourth-order valence-corrected chi connectivity index (χ4v) is 4.60. The van der Waals surface area contributed by atoms with Gasteiger partial charge in [0.05, 0.1) is 24.3 Å². The number of nitrogens with zero attached hydrogens (tertiary/aromatic N) is 3. The predicted octanol–water partition coefficient (Wildman–Crippen LogP) is 4.47. The van der Waals surface area contributed by atoms with Gasteiger partial charge < -0.3 is 10.1 Å². The largest absolute Gasteiger partial charge is 0.496 e. The number of rotatable bonds is 9. The van der Waals surface area contributed by atoms with Crippen LogP contribution in [0.4, 0.5) is 0 Å². The van der Waals surface area contributed by atoms with E-state index in [2.05, 4.69) is 32.2 Å². The van der Waals surface area contributed by atoms with Crippen molar-refractivity contribution in [1.29, 1.82) is 0 Å². The SMILES string of the molecule is COc1ccccc1CNC(=O)CSc1nnc(-c2cccs2)n1Cc1ccccc1. The van der Waals surface area contributed by atoms with E-state index in [1.807, 2.05) is 60.0 Å². The Hall–Kier alpha value is -3.10. The van der Waals surface area contributed by atoms with Crippen LogP contribution in [-0.4, -0.2) is 33.5 Å². The highest BCUT2D eigenvalue weighted by Crippen LogP contribution is 2.28. The van der Waals surface area contributed by atoms with Crippen molar-refractivity contribution in [3.05, 3.63) is 83.2 Å². The van der Waals surface area contributed by atoms with Gasteiger partial charge in [-0.2, -0.15) is 0 Å². The van der Waals surface area contributed by atoms with Gasteiger partial charge in [0.25, 0.3) is 0 Å². The van der Waals surface area contributed by atoms with Crippen molar-refractivity contribution in [1.82, 2.24) is 20.1 Å². The molecule has 2 aromatic heterocycles. The molecule has 0 atom stereocenters. The Morgan fingerprint density at radius 2 is 1.87 bits per heavy atom. The van der Waals surface area contributed by atoms with Crippen LogP contribution in [-0.2, 0) is 17.9 Å². The summed E-state index contributed by atoms with van der Waals surface area (Å²) in [6.07, 6.45) is 0. The molecule has 2 heterocycles. The molecule has 158 valence electrons. The molecular weight excluding hydrogens is 428 g/mol. The molecule has 0 unspecified atom stereocenters. The molecule has 1 N–H and O–H groups in total. The minimum atomic E-state index is -0.0668. The van der Waals surface area contributed by atoms with E-state index < -0.39 is 0 Å². The maximum absolute atomic E-state index is 12.5. The Kier molecular flexibility index (Phi) is 7.01. The second-order valence-electron chi connectivity index (χ2n) is 6.73. The summed E-state index contributed by atoms with van der Waals surface area (Å²) in [7, 11) is 1.63. The van der Waals surface area contributed by atoms with E-state index >= 15 is 0 Å². The number of amides is 1. The summed E-state index contributed by atoms with van der Waals surface area (Å²) in [5, 5.41) is 14.5. The van der Waals surface area contributed by atoms with Crippen molar-refractivity contribution in [3.63, 3.8) is 0 Å². The number of ether oxygens (including phenoxy) is 1. The van der Waals surface area contributed by atoms with Gasteiger partial charge in [0.1, 0.15) is 5.75 Å². The number of para-hydroxylation sites is 1. The van der Waals surface area contributed by atoms with Gasteiger partial charge >= 0.3 is 0 Å². The second-order valence-corrected chi connectivity index (χ2v) is 8.62. The number of hydrogen-bond acceptors (Lipinski definition) is 6. The van der Waals surface area contributed by atoms with E-state index in [9.17, 15) is 4.79 Å². The third-order valence-electron chi connectivity index (χ3n) is 4.64. The topological polar surface area (TPSA) is 69.0 Å². The zero-order chi connectivity index (χ0) is 21.5. The molecule has 31 heavy (non-hydrogen) atoms. The average Bonchev–Trinajstić information content (AvgIpc) is 3.47. The molecule has 0 fully saturated rings. The quantitative estimate of drug-likeness (QED) is 0.381. The van der Waals surface area contributed by atoms with Crippen LogP contribution in [0.25, 0.3) is 10.7 Å². The highest BCUT2D eigenvalue weighted by atomic mass is 32.2. The van der Waals surface area contributed by atoms with Crippen LogP contribution in [0.2, 0.25) is 0 Å². The molecular formula is C23H22N4O2S2. The van der Waals surface area contributed by atoms with Crippen molar-refractivity contribution in [2.24, 2.45) is 0 Å². The van der Waals surface area contributed by atoms with Crippen LogP contribution in [0.3, 0.4) is 0 Å². The molecule has 0 aliphatic rings. The molecule has 4 aromatic rings. The van der Waals surface area contributed by atoms with Crippen LogP contribution in [0.5, 0.6) is 5.75 Å². The lowest BCUT2D eigenvalue weighted by Gasteiger charge is -2.11. The zero-order valence-electron chi connectivity index (χ0n) is 17.0. The van der Waals surface area contributed by atoms with Crippen LogP contribution < -0.4 is 10.1 Å². The number of nitrogens with one attached hydrogen (secondary N) is 1. The minimum absolute atomic E-state index is 0.0668. The van der Waals surface area contributed by atoms with Crippen molar-refractivity contribution in [2.75, 3.05) is 12.9 Å². The number of carbonyl (C=O) groups excluding carboxylic acids is 1. The van der Waals surface area contributed by atoms with Gasteiger partial charge in [-0.1, -0.05) is 66.4 Å². The molecule has 0 saturated carbocycles. The molecule has 0 saturated heterocycles. The molecule has 2 aromatic carbocycles. The van der Waals surface area contributed by atoms with Gasteiger partial charge in [-0.3, -0.25) is 9.36 Å². The number of thiophene rings is 1. The number of thioether (sulfide) groups is 1. The Morgan fingerprint density at radius 3 is 2.65 bits per heavy atom. The van der Waals surface area contributed by atoms with Crippen LogP contribution in [0.15, 0.2) is 77.3 Å². The third-order valence-corrected chi connectivity index (χ3v) is 6.48. The Morgan fingerprint density at radius 1 is 1.06 bits per heavy atom. The van der Waals surface area contributed by atoms with E-state index in [4.69, 9.17) is 4.74 Å². The maximum Gasteiger partial charge on any atom is 0.230 e. The summed E-state index contributed by atoms with van der Waals surface area (Å²) in [6, 6.07) is 21.9. The smallest absolute Gasteiger partial charge is 0.230 e. The summed E-state index contributed by atoms with van der Waals surface area (Å²) in [5.41, 5.74) is 2.10.